The van der Waals surface area contributed by atoms with E-state index < -0.39 is 163 Å². The van der Waals surface area contributed by atoms with Gasteiger partial charge in [0.2, 0.25) is 11.8 Å². The number of hydrogen-bond donors (Lipinski definition) is 13. The zero-order valence-electron chi connectivity index (χ0n) is 41.5. The molecule has 2 aromatic rings. The van der Waals surface area contributed by atoms with E-state index in [-0.39, 0.29) is 44.1 Å². The number of rotatable bonds is 22. The molecule has 3 fully saturated rings. The fraction of sp³-hybridized carbons (Fsp3) is 0.622. The molecule has 30 heteroatoms. The second kappa shape index (κ2) is 24.8. The van der Waals surface area contributed by atoms with Crippen LogP contribution in [0.25, 0.3) is 0 Å². The van der Waals surface area contributed by atoms with Crippen molar-refractivity contribution >= 4 is 47.4 Å². The molecule has 15 atom stereocenters. The van der Waals surface area contributed by atoms with Crippen LogP contribution in [-0.4, -0.2) is 200 Å². The number of carbonyl (C=O) groups is 6. The van der Waals surface area contributed by atoms with E-state index >= 15 is 0 Å². The zero-order valence-corrected chi connectivity index (χ0v) is 41.5. The van der Waals surface area contributed by atoms with Gasteiger partial charge in [0.1, 0.15) is 72.7 Å². The summed E-state index contributed by atoms with van der Waals surface area (Å²) in [6.45, 7) is 5.38. The Kier molecular flexibility index (Phi) is 19.1. The van der Waals surface area contributed by atoms with Gasteiger partial charge in [-0.2, -0.15) is 0 Å². The molecule has 5 heterocycles. The fourth-order valence-corrected chi connectivity index (χ4v) is 9.12. The normalized spacial score (nSPS) is 27.8. The minimum atomic E-state index is -2.01. The number of urea groups is 2. The molecule has 1 aromatic carbocycles. The Morgan fingerprint density at radius 2 is 1.63 bits per heavy atom. The van der Waals surface area contributed by atoms with Crippen LogP contribution < -0.4 is 54.2 Å². The Morgan fingerprint density at radius 1 is 0.933 bits per heavy atom. The van der Waals surface area contributed by atoms with Gasteiger partial charge in [-0.15, -0.1) is 0 Å². The molecule has 0 saturated carbocycles. The number of guanidine groups is 1. The first-order valence-electron chi connectivity index (χ1n) is 24.1. The molecule has 4 aliphatic heterocycles. The molecule has 7 amide bonds. The predicted octanol–water partition coefficient (Wildman–Crippen LogP) is -4.96. The number of hydrogen-bond acceptors (Lipinski definition) is 20. The number of aromatic amines is 1. The number of aliphatic carboxylic acids is 1. The molecule has 29 nitrogen and oxygen atoms in total. The molecular weight excluding hydrogens is 1000 g/mol. The van der Waals surface area contributed by atoms with Crippen LogP contribution in [0.2, 0.25) is 0 Å². The third-order valence-electron chi connectivity index (χ3n) is 13.2. The number of ether oxygens (including phenoxy) is 4. The van der Waals surface area contributed by atoms with E-state index in [2.05, 4.69) is 31.6 Å². The number of nitrogens with zero attached hydrogens (tertiary/aromatic N) is 4. The van der Waals surface area contributed by atoms with Crippen molar-refractivity contribution in [3.8, 4) is 0 Å². The summed E-state index contributed by atoms with van der Waals surface area (Å²) in [6.07, 6.45) is -15.4. The number of aliphatic imine (C=N–C) groups is 1. The maximum absolute atomic E-state index is 14.8. The lowest BCUT2D eigenvalue weighted by Crippen LogP contribution is -2.66. The number of methoxy groups -OCH3 is 1. The monoisotopic (exact) mass is 1060 g/mol. The van der Waals surface area contributed by atoms with Crippen LogP contribution in [0.4, 0.5) is 19.7 Å². The molecule has 6 unspecified atom stereocenters. The molecule has 15 N–H and O–H groups in total. The molecule has 4 aliphatic rings. The zero-order chi connectivity index (χ0) is 55.2. The lowest BCUT2D eigenvalue weighted by atomic mass is 9.97. The van der Waals surface area contributed by atoms with Crippen molar-refractivity contribution in [2.75, 3.05) is 38.2 Å². The van der Waals surface area contributed by atoms with E-state index in [0.29, 0.717) is 4.90 Å². The average Bonchev–Trinajstić information content (AvgIpc) is 3.92. The van der Waals surface area contributed by atoms with Gasteiger partial charge in [-0.25, -0.2) is 28.5 Å². The maximum Gasteiger partial charge on any atom is 0.332 e. The van der Waals surface area contributed by atoms with Crippen LogP contribution in [0.3, 0.4) is 0 Å². The highest BCUT2D eigenvalue weighted by molar-refractivity contribution is 6.21. The van der Waals surface area contributed by atoms with Crippen molar-refractivity contribution in [2.24, 2.45) is 28.3 Å². The van der Waals surface area contributed by atoms with Crippen LogP contribution in [0.5, 0.6) is 0 Å². The number of halogens is 1. The van der Waals surface area contributed by atoms with E-state index in [4.69, 9.17) is 30.4 Å². The molecule has 3 saturated heterocycles. The van der Waals surface area contributed by atoms with Crippen molar-refractivity contribution in [1.29, 1.82) is 0 Å². The third kappa shape index (κ3) is 12.9. The topological polar surface area (TPSA) is 426 Å². The summed E-state index contributed by atoms with van der Waals surface area (Å²) in [6, 6.07) is -4.19. The summed E-state index contributed by atoms with van der Waals surface area (Å²) < 4.78 is 38.8. The van der Waals surface area contributed by atoms with E-state index in [1.54, 1.807) is 27.7 Å². The van der Waals surface area contributed by atoms with Gasteiger partial charge in [-0.3, -0.25) is 33.7 Å². The Hall–Kier alpha value is -6.64. The van der Waals surface area contributed by atoms with Gasteiger partial charge in [-0.1, -0.05) is 27.7 Å². The lowest BCUT2D eigenvalue weighted by Gasteiger charge is -2.36. The number of carboxylic acid groups (broad SMARTS) is 1. The second-order valence-corrected chi connectivity index (χ2v) is 19.0. The molecule has 414 valence electrons. The Labute approximate surface area is 427 Å². The minimum Gasteiger partial charge on any atom is -0.480 e. The molecule has 0 radical (unpaired) electrons. The van der Waals surface area contributed by atoms with E-state index in [1.165, 1.54) is 7.11 Å². The average molecular weight is 1070 g/mol. The smallest absolute Gasteiger partial charge is 0.332 e. The van der Waals surface area contributed by atoms with Gasteiger partial charge >= 0.3 is 23.7 Å². The quantitative estimate of drug-likeness (QED) is 0.0388. The molecule has 1 aromatic heterocycles. The summed E-state index contributed by atoms with van der Waals surface area (Å²) in [7, 11) is 1.21. The van der Waals surface area contributed by atoms with E-state index in [0.717, 1.165) is 46.0 Å². The highest BCUT2D eigenvalue weighted by Gasteiger charge is 2.59. The number of aliphatic hydroxyl groups is 4. The standard InChI is InChI=1S/C45H65FN12O17/c1-18(2)25(40(67)68)54-43(69)55-26(22-11-14-50-42(48)51-22)37(65)53-27(29(60)19(3)4)36(64)49-13-6-15-56-28(38(66)58(45(56)71)21-9-7-20(46)8-10-21)33(75-41-35(72-5)30(61)23(17-47)73-41)34-31(62)32(63)39(74-34)57-16-12-24(59)52-44(57)70/h7-10,12,16,18-19,22-23,25-35,39,41,60-63H,6,11,13-15,17,47H2,1-5H3,(H,49,64)(H,53,65)(H,67,68)(H3,48,50,51)(H,52,59,70)(H2,54,55,69)/t22?,23-,25?,26?,27?,28-,29?,30-,31+,32-,33?,34+,35-,39-,41+/m1/s1. The third-order valence-corrected chi connectivity index (χ3v) is 13.2. The van der Waals surface area contributed by atoms with Gasteiger partial charge in [0.05, 0.1) is 17.8 Å². The first-order valence-corrected chi connectivity index (χ1v) is 24.1. The number of benzene rings is 1. The van der Waals surface area contributed by atoms with Gasteiger partial charge in [-0.05, 0) is 48.9 Å². The molecule has 75 heavy (non-hydrogen) atoms. The summed E-state index contributed by atoms with van der Waals surface area (Å²) >= 11 is 0. The van der Waals surface area contributed by atoms with Crippen LogP contribution >= 0.6 is 0 Å². The van der Waals surface area contributed by atoms with Crippen LogP contribution in [0, 0.1) is 17.7 Å². The first-order chi connectivity index (χ1) is 35.5. The summed E-state index contributed by atoms with van der Waals surface area (Å²) in [5, 5.41) is 67.6. The summed E-state index contributed by atoms with van der Waals surface area (Å²) in [5.41, 5.74) is 9.76. The Balaban J connectivity index is 1.28. The molecule has 6 rings (SSSR count). The fourth-order valence-electron chi connectivity index (χ4n) is 9.12. The first kappa shape index (κ1) is 57.6. The number of imide groups is 1. The van der Waals surface area contributed by atoms with Crippen molar-refractivity contribution in [2.45, 2.75) is 132 Å². The predicted molar refractivity (Wildman–Crippen MR) is 257 cm³/mol. The highest BCUT2D eigenvalue weighted by atomic mass is 19.1. The van der Waals surface area contributed by atoms with Gasteiger partial charge in [0, 0.05) is 45.6 Å². The number of aliphatic hydroxyl groups excluding tert-OH is 4. The van der Waals surface area contributed by atoms with Gasteiger partial charge in [0.25, 0.3) is 11.5 Å². The maximum atomic E-state index is 14.8. The van der Waals surface area contributed by atoms with Crippen LogP contribution in [0.15, 0.2) is 51.1 Å². The number of H-pyrrole nitrogens is 1. The molecular formula is C45H65FN12O17. The van der Waals surface area contributed by atoms with Crippen molar-refractivity contribution in [1.82, 2.24) is 41.0 Å². The number of anilines is 1. The van der Waals surface area contributed by atoms with Crippen LogP contribution in [-0.2, 0) is 38.1 Å². The van der Waals surface area contributed by atoms with Crippen molar-refractivity contribution in [3.63, 3.8) is 0 Å². The molecule has 0 bridgehead atoms. The van der Waals surface area contributed by atoms with Gasteiger partial charge in [0.15, 0.2) is 18.5 Å². The highest BCUT2D eigenvalue weighted by Crippen LogP contribution is 2.38. The van der Waals surface area contributed by atoms with E-state index in [1.807, 2.05) is 4.98 Å². The number of nitrogens with two attached hydrogens (primary N) is 2. The number of amides is 7. The molecule has 0 aliphatic carbocycles. The van der Waals surface area contributed by atoms with Crippen molar-refractivity contribution in [3.05, 3.63) is 63.2 Å². The largest absolute Gasteiger partial charge is 0.480 e. The minimum absolute atomic E-state index is 0.0612. The Bertz CT molecular complexity index is 2530. The lowest BCUT2D eigenvalue weighted by molar-refractivity contribution is -0.232. The number of aromatic nitrogens is 2. The Morgan fingerprint density at radius 3 is 2.23 bits per heavy atom. The van der Waals surface area contributed by atoms with E-state index in [9.17, 15) is 68.3 Å². The summed E-state index contributed by atoms with van der Waals surface area (Å²) in [5.74, 6) is -6.29. The van der Waals surface area contributed by atoms with Crippen LogP contribution in [0.1, 0.15) is 46.8 Å². The molecule has 0 spiro atoms. The summed E-state index contributed by atoms with van der Waals surface area (Å²) in [4.78, 5) is 115. The number of nitrogens with one attached hydrogen (secondary N) is 6. The number of carboxylic acids is 1. The van der Waals surface area contributed by atoms with Gasteiger partial charge < -0.3 is 87.4 Å². The van der Waals surface area contributed by atoms with Crippen molar-refractivity contribution < 1.29 is 77.6 Å². The second-order valence-electron chi connectivity index (χ2n) is 19.0. The SMILES string of the molecule is CO[C@H]1[C@H](OC([C@H]2O[C@@H](n3ccc(=O)[nH]c3=O)[C@H](O)[C@@H]2O)[C@@H]2C(=O)N(c3ccc(F)cc3)C(=O)N2CCCNC(=O)C(NC(=O)C(NC(=O)NC(C(=O)O)C(C)C)C2CCN=C(N)N2)C(O)C(C)C)O[C@H](CN)[C@H]1O. The number of carbonyl (C=O) groups excluding carboxylic acids is 5.